The lowest BCUT2D eigenvalue weighted by Gasteiger charge is -2.41. The summed E-state index contributed by atoms with van der Waals surface area (Å²) in [6.45, 7) is 3.99. The molecule has 0 radical (unpaired) electrons. The fraction of sp³-hybridized carbons (Fsp3) is 0.640. The molecule has 2 aliphatic rings. The molecule has 3 rings (SSSR count). The maximum absolute atomic E-state index is 13.0. The number of nitrogens with zero attached hydrogens (tertiary/aromatic N) is 3. The minimum Gasteiger partial charge on any atom is -0.360 e. The van der Waals surface area contributed by atoms with Crippen molar-refractivity contribution >= 4 is 29.1 Å². The van der Waals surface area contributed by atoms with Crippen molar-refractivity contribution in [1.82, 2.24) is 25.3 Å². The molecule has 0 spiro atoms. The van der Waals surface area contributed by atoms with Crippen molar-refractivity contribution < 1.29 is 9.59 Å². The van der Waals surface area contributed by atoms with Crippen LogP contribution in [0.4, 0.5) is 0 Å². The van der Waals surface area contributed by atoms with E-state index in [-0.39, 0.29) is 29.9 Å². The van der Waals surface area contributed by atoms with Gasteiger partial charge in [0.05, 0.1) is 6.54 Å². The molecule has 0 saturated carbocycles. The molecule has 182 valence electrons. The smallest absolute Gasteiger partial charge is 0.236 e. The Morgan fingerprint density at radius 1 is 1.12 bits per heavy atom. The van der Waals surface area contributed by atoms with E-state index in [1.54, 1.807) is 0 Å². The summed E-state index contributed by atoms with van der Waals surface area (Å²) in [6, 6.07) is 10.9. The summed E-state index contributed by atoms with van der Waals surface area (Å²) in [5, 5.41) is 7.07. The van der Waals surface area contributed by atoms with Gasteiger partial charge in [-0.25, -0.2) is 0 Å². The molecule has 7 nitrogen and oxygen atoms in total. The Kier molecular flexibility index (Phi) is 9.09. The largest absolute Gasteiger partial charge is 0.360 e. The maximum Gasteiger partial charge on any atom is 0.236 e. The minimum absolute atomic E-state index is 0.0968. The summed E-state index contributed by atoms with van der Waals surface area (Å²) in [6.07, 6.45) is 4.03. The molecule has 0 unspecified atom stereocenters. The highest BCUT2D eigenvalue weighted by atomic mass is 32.1. The van der Waals surface area contributed by atoms with Gasteiger partial charge >= 0.3 is 0 Å². The zero-order valence-corrected chi connectivity index (χ0v) is 21.2. The van der Waals surface area contributed by atoms with Gasteiger partial charge in [0.15, 0.2) is 5.11 Å². The van der Waals surface area contributed by atoms with Crippen LogP contribution in [0.15, 0.2) is 30.3 Å². The quantitative estimate of drug-likeness (QED) is 0.562. The molecule has 2 N–H and O–H groups in total. The highest BCUT2D eigenvalue weighted by molar-refractivity contribution is 7.80. The Morgan fingerprint density at radius 3 is 2.39 bits per heavy atom. The van der Waals surface area contributed by atoms with Crippen LogP contribution in [0, 0.1) is 5.92 Å². The number of hydrogen-bond acceptors (Lipinski definition) is 4. The molecular weight excluding hydrogens is 434 g/mol. The Bertz CT molecular complexity index is 810. The molecule has 1 aromatic carbocycles. The van der Waals surface area contributed by atoms with Gasteiger partial charge in [-0.3, -0.25) is 9.59 Å². The average Bonchev–Trinajstić information content (AvgIpc) is 2.76. The fourth-order valence-corrected chi connectivity index (χ4v) is 5.41. The van der Waals surface area contributed by atoms with Gasteiger partial charge in [0, 0.05) is 44.7 Å². The van der Waals surface area contributed by atoms with Crippen molar-refractivity contribution in [1.29, 1.82) is 0 Å². The van der Waals surface area contributed by atoms with Gasteiger partial charge in [-0.05, 0) is 70.4 Å². The van der Waals surface area contributed by atoms with E-state index in [9.17, 15) is 9.59 Å². The maximum atomic E-state index is 13.0. The molecule has 2 saturated heterocycles. The Balaban J connectivity index is 1.60. The van der Waals surface area contributed by atoms with Crippen LogP contribution in [0.25, 0.3) is 0 Å². The lowest BCUT2D eigenvalue weighted by atomic mass is 9.84. The number of thiocarbonyl (C=S) groups is 1. The number of amides is 2. The third-order valence-electron chi connectivity index (χ3n) is 6.84. The number of rotatable bonds is 8. The van der Waals surface area contributed by atoms with Gasteiger partial charge in [0.25, 0.3) is 0 Å². The summed E-state index contributed by atoms with van der Waals surface area (Å²) in [5.41, 5.74) is 1.24. The summed E-state index contributed by atoms with van der Waals surface area (Å²) >= 11 is 5.26. The van der Waals surface area contributed by atoms with Gasteiger partial charge in [0.1, 0.15) is 0 Å². The van der Waals surface area contributed by atoms with Crippen molar-refractivity contribution in [2.75, 3.05) is 40.8 Å². The predicted molar refractivity (Wildman–Crippen MR) is 136 cm³/mol. The molecule has 3 atom stereocenters. The van der Waals surface area contributed by atoms with Crippen LogP contribution in [0.1, 0.15) is 38.2 Å². The van der Waals surface area contributed by atoms with Crippen LogP contribution in [-0.4, -0.2) is 90.5 Å². The molecular formula is C25H39N5O2S. The summed E-state index contributed by atoms with van der Waals surface area (Å²) in [4.78, 5) is 31.7. The lowest BCUT2D eigenvalue weighted by molar-refractivity contribution is -0.137. The standard InChI is InChI=1S/C25H39N5O2S/c1-18-14-21(27-25(33)26-18)16-23(31)30-12-10-20(11-13-30)22(15-19-8-6-5-7-9-19)29(4)24(32)17-28(2)3/h5-9,18,20-22H,10-17H2,1-4H3,(H2,26,27,33)/t18-,21+,22+/m1/s1. The second-order valence-electron chi connectivity index (χ2n) is 9.87. The third kappa shape index (κ3) is 7.40. The molecule has 33 heavy (non-hydrogen) atoms. The van der Waals surface area contributed by atoms with E-state index >= 15 is 0 Å². The van der Waals surface area contributed by atoms with Gasteiger partial charge in [0.2, 0.25) is 11.8 Å². The summed E-state index contributed by atoms with van der Waals surface area (Å²) in [5.74, 6) is 0.705. The monoisotopic (exact) mass is 473 g/mol. The van der Waals surface area contributed by atoms with Gasteiger partial charge in [-0.1, -0.05) is 30.3 Å². The third-order valence-corrected chi connectivity index (χ3v) is 7.07. The molecule has 2 aliphatic heterocycles. The molecule has 0 aliphatic carbocycles. The second kappa shape index (κ2) is 11.8. The van der Waals surface area contributed by atoms with E-state index in [4.69, 9.17) is 12.2 Å². The topological polar surface area (TPSA) is 67.9 Å². The highest BCUT2D eigenvalue weighted by Gasteiger charge is 2.33. The first-order valence-corrected chi connectivity index (χ1v) is 12.4. The van der Waals surface area contributed by atoms with Gasteiger partial charge in [-0.2, -0.15) is 0 Å². The van der Waals surface area contributed by atoms with Crippen molar-refractivity contribution in [2.45, 2.75) is 57.2 Å². The van der Waals surface area contributed by atoms with Crippen LogP contribution in [0.2, 0.25) is 0 Å². The van der Waals surface area contributed by atoms with Crippen LogP contribution in [0.5, 0.6) is 0 Å². The number of carbonyl (C=O) groups is 2. The number of likely N-dealkylation sites (tertiary alicyclic amines) is 1. The number of nitrogens with one attached hydrogen (secondary N) is 2. The summed E-state index contributed by atoms with van der Waals surface area (Å²) in [7, 11) is 5.78. The molecule has 2 amide bonds. The zero-order valence-electron chi connectivity index (χ0n) is 20.4. The molecule has 1 aromatic rings. The average molecular weight is 474 g/mol. The Labute approximate surface area is 203 Å². The highest BCUT2D eigenvalue weighted by Crippen LogP contribution is 2.27. The van der Waals surface area contributed by atoms with E-state index in [1.807, 2.05) is 41.9 Å². The normalized spacial score (nSPS) is 22.5. The molecule has 0 aromatic heterocycles. The number of carbonyl (C=O) groups excluding carboxylic acids is 2. The first-order chi connectivity index (χ1) is 15.7. The predicted octanol–water partition coefficient (Wildman–Crippen LogP) is 1.87. The fourth-order valence-electron chi connectivity index (χ4n) is 5.05. The van der Waals surface area contributed by atoms with E-state index in [0.29, 0.717) is 24.0 Å². The van der Waals surface area contributed by atoms with Crippen molar-refractivity contribution in [3.8, 4) is 0 Å². The van der Waals surface area contributed by atoms with E-state index in [0.717, 1.165) is 38.8 Å². The van der Waals surface area contributed by atoms with Gasteiger partial charge in [-0.15, -0.1) is 0 Å². The van der Waals surface area contributed by atoms with Crippen molar-refractivity contribution in [2.24, 2.45) is 5.92 Å². The van der Waals surface area contributed by atoms with Crippen LogP contribution >= 0.6 is 12.2 Å². The first-order valence-electron chi connectivity index (χ1n) is 12.0. The molecule has 2 fully saturated rings. The van der Waals surface area contributed by atoms with E-state index in [2.05, 4.69) is 41.8 Å². The molecule has 0 bridgehead atoms. The van der Waals surface area contributed by atoms with Crippen molar-refractivity contribution in [3.05, 3.63) is 35.9 Å². The Morgan fingerprint density at radius 2 is 1.79 bits per heavy atom. The van der Waals surface area contributed by atoms with E-state index in [1.165, 1.54) is 5.56 Å². The van der Waals surface area contributed by atoms with Gasteiger partial charge < -0.3 is 25.3 Å². The van der Waals surface area contributed by atoms with E-state index < -0.39 is 0 Å². The minimum atomic E-state index is 0.0968. The summed E-state index contributed by atoms with van der Waals surface area (Å²) < 4.78 is 0. The number of piperidine rings is 1. The van der Waals surface area contributed by atoms with Crippen LogP contribution < -0.4 is 10.6 Å². The number of likely N-dealkylation sites (N-methyl/N-ethyl adjacent to an activating group) is 2. The Hall–Kier alpha value is -2.19. The number of benzene rings is 1. The molecule has 2 heterocycles. The zero-order chi connectivity index (χ0) is 24.0. The van der Waals surface area contributed by atoms with Crippen LogP contribution in [0.3, 0.4) is 0 Å². The molecule has 8 heteroatoms. The first kappa shape index (κ1) is 25.4. The SMILES string of the molecule is C[C@@H]1C[C@@H](CC(=O)N2CCC([C@H](Cc3ccccc3)N(C)C(=O)CN(C)C)CC2)NC(=S)N1. The second-order valence-corrected chi connectivity index (χ2v) is 10.3. The van der Waals surface area contributed by atoms with Crippen molar-refractivity contribution in [3.63, 3.8) is 0 Å². The lowest BCUT2D eigenvalue weighted by Crippen LogP contribution is -2.55. The van der Waals surface area contributed by atoms with Crippen LogP contribution in [-0.2, 0) is 16.0 Å². The number of hydrogen-bond donors (Lipinski definition) is 2.